The van der Waals surface area contributed by atoms with E-state index in [0.29, 0.717) is 16.9 Å². The number of nitrogens with two attached hydrogens (primary N) is 1. The molecule has 9 nitrogen and oxygen atoms in total. The van der Waals surface area contributed by atoms with Gasteiger partial charge in [0.05, 0.1) is 24.9 Å². The summed E-state index contributed by atoms with van der Waals surface area (Å²) in [4.78, 5) is 19.1. The molecule has 0 spiro atoms. The molecule has 10 heteroatoms. The smallest absolute Gasteiger partial charge is 0.256 e. The number of aliphatic imine (C=N–C) groups is 1. The summed E-state index contributed by atoms with van der Waals surface area (Å²) in [6.07, 6.45) is 4.06. The zero-order chi connectivity index (χ0) is 25.1. The first-order valence-electron chi connectivity index (χ1n) is 10.8. The first-order chi connectivity index (χ1) is 16.3. The van der Waals surface area contributed by atoms with E-state index in [1.54, 1.807) is 35.4 Å². The Labute approximate surface area is 199 Å². The van der Waals surface area contributed by atoms with Crippen LogP contribution in [0.15, 0.2) is 53.7 Å². The third-order valence-electron chi connectivity index (χ3n) is 5.09. The lowest BCUT2D eigenvalue weighted by atomic mass is 10.1. The second-order valence-electron chi connectivity index (χ2n) is 7.81. The maximum Gasteiger partial charge on any atom is 0.256 e. The minimum atomic E-state index is -0.341. The Morgan fingerprint density at radius 3 is 2.68 bits per heavy atom. The molecule has 0 unspecified atom stereocenters. The van der Waals surface area contributed by atoms with Crippen LogP contribution in [0.1, 0.15) is 28.4 Å². The summed E-state index contributed by atoms with van der Waals surface area (Å²) >= 11 is 0. The van der Waals surface area contributed by atoms with Crippen LogP contribution in [-0.2, 0) is 0 Å². The number of aryl methyl sites for hydroxylation is 1. The van der Waals surface area contributed by atoms with Crippen LogP contribution in [0.25, 0.3) is 5.70 Å². The summed E-state index contributed by atoms with van der Waals surface area (Å²) < 4.78 is 13.2. The third-order valence-corrected chi connectivity index (χ3v) is 5.09. The zero-order valence-electron chi connectivity index (χ0n) is 19.5. The van der Waals surface area contributed by atoms with Crippen LogP contribution >= 0.6 is 0 Å². The molecule has 1 amide bonds. The fraction of sp³-hybridized carbons (Fsp3) is 0.292. The Kier molecular flexibility index (Phi) is 10.3. The topological polar surface area (TPSA) is 146 Å². The molecule has 0 bridgehead atoms. The number of benzene rings is 2. The van der Waals surface area contributed by atoms with Crippen molar-refractivity contribution in [3.8, 4) is 0 Å². The van der Waals surface area contributed by atoms with Gasteiger partial charge >= 0.3 is 0 Å². The van der Waals surface area contributed by atoms with Crippen LogP contribution in [0.3, 0.4) is 0 Å². The number of hydrogen-bond acceptors (Lipinski definition) is 7. The molecule has 182 valence electrons. The van der Waals surface area contributed by atoms with Gasteiger partial charge in [-0.2, -0.15) is 0 Å². The lowest BCUT2D eigenvalue weighted by Gasteiger charge is -2.31. The molecule has 2 aromatic rings. The Morgan fingerprint density at radius 2 is 2.03 bits per heavy atom. The highest BCUT2D eigenvalue weighted by Crippen LogP contribution is 2.21. The highest BCUT2D eigenvalue weighted by atomic mass is 19.1. The molecular weight excluding hydrogens is 437 g/mol. The fourth-order valence-corrected chi connectivity index (χ4v) is 3.40. The van der Waals surface area contributed by atoms with Crippen LogP contribution in [0, 0.1) is 18.2 Å². The number of hydrogen-bond donors (Lipinski definition) is 5. The van der Waals surface area contributed by atoms with Gasteiger partial charge in [0.25, 0.3) is 5.91 Å². The number of aliphatic hydroxyl groups excluding tert-OH is 1. The van der Waals surface area contributed by atoms with Crippen molar-refractivity contribution in [3.05, 3.63) is 71.2 Å². The standard InChI is InChI=1S/C24H32FN7O2/c1-17-3-8-23(30-16-29-10-9-26)21(13-17)24(34)32(11-12-33)18(2)14-31(28)15-22(27)19-4-6-20(25)7-5-19/h3-10,13,15,18,26,30,33H,11-12,14,16,27-28H2,1-2H3/p+1/b22-15-,26-9?,29-10-/t18-/m0/s1. The maximum absolute atomic E-state index is 13.5. The molecule has 34 heavy (non-hydrogen) atoms. The lowest BCUT2D eigenvalue weighted by molar-refractivity contribution is -0.245. The van der Waals surface area contributed by atoms with Crippen LogP contribution in [0.2, 0.25) is 0 Å². The van der Waals surface area contributed by atoms with Gasteiger partial charge in [-0.1, -0.05) is 11.6 Å². The molecule has 0 aliphatic heterocycles. The summed E-state index contributed by atoms with van der Waals surface area (Å²) in [6, 6.07) is 11.1. The Morgan fingerprint density at radius 1 is 1.32 bits per heavy atom. The summed E-state index contributed by atoms with van der Waals surface area (Å²) in [5.74, 6) is 5.57. The second kappa shape index (κ2) is 13.2. The van der Waals surface area contributed by atoms with E-state index in [2.05, 4.69) is 16.0 Å². The predicted octanol–water partition coefficient (Wildman–Crippen LogP) is 1.46. The number of nitrogens with zero attached hydrogens (tertiary/aromatic N) is 3. The van der Waals surface area contributed by atoms with E-state index in [4.69, 9.17) is 11.3 Å². The van der Waals surface area contributed by atoms with Gasteiger partial charge in [0.2, 0.25) is 0 Å². The highest BCUT2D eigenvalue weighted by molar-refractivity contribution is 6.14. The van der Waals surface area contributed by atoms with Crippen molar-refractivity contribution in [2.75, 3.05) is 31.7 Å². The fourth-order valence-electron chi connectivity index (χ4n) is 3.40. The van der Waals surface area contributed by atoms with Crippen molar-refractivity contribution < 1.29 is 20.0 Å². The van der Waals surface area contributed by atoms with Crippen LogP contribution < -0.4 is 16.9 Å². The number of nitrogens with one attached hydrogen (secondary N) is 2. The lowest BCUT2D eigenvalue weighted by Crippen LogP contribution is -2.50. The molecule has 2 aromatic carbocycles. The van der Waals surface area contributed by atoms with E-state index in [0.717, 1.165) is 17.3 Å². The van der Waals surface area contributed by atoms with Gasteiger partial charge in [0, 0.05) is 36.3 Å². The average molecular weight is 471 g/mol. The SMILES string of the molecule is Cc1ccc(NC/N=C\C=N)c(C(=O)N(CCO)[C@@H](C)CN(N)/C=C(\[NH3+])c2ccc(F)cc2)c1. The van der Waals surface area contributed by atoms with E-state index in [1.807, 2.05) is 19.9 Å². The van der Waals surface area contributed by atoms with E-state index in [-0.39, 0.29) is 44.1 Å². The number of rotatable bonds is 12. The molecule has 0 saturated carbocycles. The summed E-state index contributed by atoms with van der Waals surface area (Å²) in [5.41, 5.74) is 7.28. The first kappa shape index (κ1) is 26.7. The van der Waals surface area contributed by atoms with E-state index in [9.17, 15) is 14.3 Å². The molecule has 0 heterocycles. The number of anilines is 1. The monoisotopic (exact) mass is 470 g/mol. The highest BCUT2D eigenvalue weighted by Gasteiger charge is 2.24. The second-order valence-corrected chi connectivity index (χ2v) is 7.81. The van der Waals surface area contributed by atoms with Gasteiger partial charge in [0.15, 0.2) is 5.70 Å². The normalized spacial score (nSPS) is 12.5. The van der Waals surface area contributed by atoms with Gasteiger partial charge in [-0.25, -0.2) is 10.2 Å². The number of carbonyl (C=O) groups is 1. The zero-order valence-corrected chi connectivity index (χ0v) is 19.5. The summed E-state index contributed by atoms with van der Waals surface area (Å²) in [5, 5.41) is 21.1. The molecule has 1 atom stereocenters. The third kappa shape index (κ3) is 7.77. The molecule has 0 fully saturated rings. The molecule has 8 N–H and O–H groups in total. The first-order valence-corrected chi connectivity index (χ1v) is 10.8. The maximum atomic E-state index is 13.5. The van der Waals surface area contributed by atoms with Gasteiger partial charge < -0.3 is 31.5 Å². The summed E-state index contributed by atoms with van der Waals surface area (Å²) in [7, 11) is 0. The van der Waals surface area contributed by atoms with Gasteiger partial charge in [0.1, 0.15) is 12.5 Å². The molecule has 0 saturated heterocycles. The number of carbonyl (C=O) groups excluding carboxylic acids is 1. The van der Waals surface area contributed by atoms with Gasteiger partial charge in [-0.3, -0.25) is 9.79 Å². The number of aliphatic hydroxyl groups is 1. The number of quaternary nitrogens is 1. The minimum absolute atomic E-state index is 0.131. The van der Waals surface area contributed by atoms with Gasteiger partial charge in [-0.05, 0) is 50.2 Å². The van der Waals surface area contributed by atoms with Crippen molar-refractivity contribution >= 4 is 29.7 Å². The van der Waals surface area contributed by atoms with E-state index >= 15 is 0 Å². The van der Waals surface area contributed by atoms with E-state index in [1.165, 1.54) is 23.4 Å². The predicted molar refractivity (Wildman–Crippen MR) is 133 cm³/mol. The molecule has 0 aromatic heterocycles. The van der Waals surface area contributed by atoms with Gasteiger partial charge in [-0.15, -0.1) is 0 Å². The van der Waals surface area contributed by atoms with Crippen molar-refractivity contribution in [2.24, 2.45) is 10.8 Å². The number of halogens is 1. The Bertz CT molecular complexity index is 1020. The van der Waals surface area contributed by atoms with Crippen LogP contribution in [0.4, 0.5) is 10.1 Å². The van der Waals surface area contributed by atoms with Crippen molar-refractivity contribution in [1.29, 1.82) is 5.41 Å². The van der Waals surface area contributed by atoms with Crippen molar-refractivity contribution in [1.82, 2.24) is 9.91 Å². The van der Waals surface area contributed by atoms with E-state index < -0.39 is 0 Å². The van der Waals surface area contributed by atoms with Crippen molar-refractivity contribution in [2.45, 2.75) is 19.9 Å². The average Bonchev–Trinajstić information content (AvgIpc) is 2.80. The molecule has 2 rings (SSSR count). The largest absolute Gasteiger partial charge is 0.395 e. The van der Waals surface area contributed by atoms with Crippen LogP contribution in [-0.4, -0.2) is 65.8 Å². The number of hydrazine groups is 1. The molecule has 0 aliphatic rings. The van der Waals surface area contributed by atoms with Crippen molar-refractivity contribution in [3.63, 3.8) is 0 Å². The molecular formula is C24H33FN7O2+. The number of amides is 1. The molecule has 0 aliphatic carbocycles. The van der Waals surface area contributed by atoms with Crippen LogP contribution in [0.5, 0.6) is 0 Å². The quantitative estimate of drug-likeness (QED) is 0.181. The Hall–Kier alpha value is -3.60. The summed E-state index contributed by atoms with van der Waals surface area (Å²) in [6.45, 7) is 4.16. The Balaban J connectivity index is 2.19. The minimum Gasteiger partial charge on any atom is -0.395 e. The molecule has 0 radical (unpaired) electrons.